The number of hydrogen-bond donors (Lipinski definition) is 2. The molecule has 0 aliphatic rings. The highest BCUT2D eigenvalue weighted by Gasteiger charge is 2.06. The zero-order valence-electron chi connectivity index (χ0n) is 6.50. The average Bonchev–Trinajstić information content (AvgIpc) is 2.08. The van der Waals surface area contributed by atoms with E-state index in [1.807, 2.05) is 0 Å². The minimum absolute atomic E-state index is 0.213. The number of phenols is 1. The quantitative estimate of drug-likeness (QED) is 0.763. The lowest BCUT2D eigenvalue weighted by atomic mass is 10.1. The zero-order valence-corrected chi connectivity index (χ0v) is 8.08. The summed E-state index contributed by atoms with van der Waals surface area (Å²) in [5, 5.41) is 9.17. The number of phenolic OH excluding ortho intramolecular Hbond substituents is 1. The van der Waals surface area contributed by atoms with Crippen molar-refractivity contribution in [2.75, 3.05) is 0 Å². The molecule has 0 aliphatic heterocycles. The lowest BCUT2D eigenvalue weighted by Gasteiger charge is -2.08. The third kappa shape index (κ3) is 1.87. The van der Waals surface area contributed by atoms with E-state index in [1.165, 1.54) is 0 Å². The highest BCUT2D eigenvalue weighted by Crippen LogP contribution is 2.26. The molecule has 2 nitrogen and oxygen atoms in total. The van der Waals surface area contributed by atoms with Crippen molar-refractivity contribution in [2.45, 2.75) is 6.04 Å². The molecule has 0 spiro atoms. The zero-order chi connectivity index (χ0) is 9.14. The molecule has 0 unspecified atom stereocenters. The number of nitrogens with two attached hydrogens (primary N) is 1. The van der Waals surface area contributed by atoms with E-state index in [9.17, 15) is 5.11 Å². The predicted octanol–water partition coefficient (Wildman–Crippen LogP) is 2.34. The summed E-state index contributed by atoms with van der Waals surface area (Å²) < 4.78 is 0.882. The van der Waals surface area contributed by atoms with Crippen LogP contribution in [0.15, 0.2) is 35.3 Å². The molecule has 1 rings (SSSR count). The highest BCUT2D eigenvalue weighted by molar-refractivity contribution is 9.10. The van der Waals surface area contributed by atoms with E-state index in [1.54, 1.807) is 24.3 Å². The summed E-state index contributed by atoms with van der Waals surface area (Å²) in [6, 6.07) is 4.74. The predicted molar refractivity (Wildman–Crippen MR) is 52.9 cm³/mol. The molecule has 0 amide bonds. The standard InChI is InChI=1S/C9H10BrNO/c1-2-9(11)7-5-6(12)3-4-8(7)10/h2-5,9,12H,1,11H2/t9-/m0/s1. The van der Waals surface area contributed by atoms with E-state index in [-0.39, 0.29) is 11.8 Å². The maximum absolute atomic E-state index is 9.17. The van der Waals surface area contributed by atoms with Gasteiger partial charge >= 0.3 is 0 Å². The van der Waals surface area contributed by atoms with Gasteiger partial charge in [-0.2, -0.15) is 0 Å². The van der Waals surface area contributed by atoms with Crippen molar-refractivity contribution in [2.24, 2.45) is 5.73 Å². The van der Waals surface area contributed by atoms with Crippen LogP contribution in [0.5, 0.6) is 5.75 Å². The van der Waals surface area contributed by atoms with Gasteiger partial charge in [0.2, 0.25) is 0 Å². The molecule has 0 aromatic heterocycles. The average molecular weight is 228 g/mol. The van der Waals surface area contributed by atoms with Gasteiger partial charge in [0.15, 0.2) is 0 Å². The molecule has 3 heteroatoms. The fraction of sp³-hybridized carbons (Fsp3) is 0.111. The SMILES string of the molecule is C=C[C@H](N)c1cc(O)ccc1Br. The lowest BCUT2D eigenvalue weighted by Crippen LogP contribution is -2.06. The Balaban J connectivity index is 3.12. The van der Waals surface area contributed by atoms with E-state index in [4.69, 9.17) is 5.73 Å². The molecule has 1 aromatic carbocycles. The molecule has 12 heavy (non-hydrogen) atoms. The van der Waals surface area contributed by atoms with Crippen molar-refractivity contribution in [1.29, 1.82) is 0 Å². The monoisotopic (exact) mass is 227 g/mol. The van der Waals surface area contributed by atoms with Gasteiger partial charge in [0, 0.05) is 10.5 Å². The van der Waals surface area contributed by atoms with Gasteiger partial charge in [-0.15, -0.1) is 6.58 Å². The molecule has 3 N–H and O–H groups in total. The second-order valence-electron chi connectivity index (χ2n) is 2.47. The van der Waals surface area contributed by atoms with Crippen LogP contribution in [-0.4, -0.2) is 5.11 Å². The van der Waals surface area contributed by atoms with E-state index in [0.29, 0.717) is 0 Å². The van der Waals surface area contributed by atoms with E-state index in [2.05, 4.69) is 22.5 Å². The first-order chi connectivity index (χ1) is 5.65. The molecule has 1 aromatic rings. The second-order valence-corrected chi connectivity index (χ2v) is 3.32. The topological polar surface area (TPSA) is 46.2 Å². The Labute approximate surface area is 79.8 Å². The first-order valence-corrected chi connectivity index (χ1v) is 4.31. The first kappa shape index (κ1) is 9.29. The Morgan fingerprint density at radius 3 is 2.83 bits per heavy atom. The van der Waals surface area contributed by atoms with Crippen LogP contribution in [0.2, 0.25) is 0 Å². The summed E-state index contributed by atoms with van der Waals surface area (Å²) in [4.78, 5) is 0. The number of aromatic hydroxyl groups is 1. The van der Waals surface area contributed by atoms with Gasteiger partial charge in [-0.05, 0) is 23.8 Å². The summed E-state index contributed by atoms with van der Waals surface area (Å²) in [7, 11) is 0. The van der Waals surface area contributed by atoms with Crippen molar-refractivity contribution in [3.8, 4) is 5.75 Å². The molecule has 64 valence electrons. The molecule has 0 bridgehead atoms. The summed E-state index contributed by atoms with van der Waals surface area (Å²) in [6.45, 7) is 3.58. The van der Waals surface area contributed by atoms with Crippen molar-refractivity contribution in [3.63, 3.8) is 0 Å². The van der Waals surface area contributed by atoms with Crippen LogP contribution in [0, 0.1) is 0 Å². The summed E-state index contributed by atoms with van der Waals surface area (Å²) >= 11 is 3.33. The Bertz CT molecular complexity index is 299. The Kier molecular flexibility index (Phi) is 2.89. The third-order valence-electron chi connectivity index (χ3n) is 1.59. The van der Waals surface area contributed by atoms with Crippen LogP contribution in [-0.2, 0) is 0 Å². The van der Waals surface area contributed by atoms with Crippen LogP contribution in [0.4, 0.5) is 0 Å². The summed E-state index contributed by atoms with van der Waals surface area (Å²) in [5.41, 5.74) is 6.54. The van der Waals surface area contributed by atoms with Gasteiger partial charge in [0.25, 0.3) is 0 Å². The Morgan fingerprint density at radius 2 is 2.25 bits per heavy atom. The number of halogens is 1. The third-order valence-corrected chi connectivity index (χ3v) is 2.31. The van der Waals surface area contributed by atoms with E-state index in [0.717, 1.165) is 10.0 Å². The van der Waals surface area contributed by atoms with Gasteiger partial charge in [-0.1, -0.05) is 22.0 Å². The molecular weight excluding hydrogens is 218 g/mol. The molecule has 0 radical (unpaired) electrons. The first-order valence-electron chi connectivity index (χ1n) is 3.51. The van der Waals surface area contributed by atoms with Crippen LogP contribution in [0.25, 0.3) is 0 Å². The van der Waals surface area contributed by atoms with Crippen LogP contribution < -0.4 is 5.73 Å². The lowest BCUT2D eigenvalue weighted by molar-refractivity contribution is 0.474. The van der Waals surface area contributed by atoms with Crippen molar-refractivity contribution < 1.29 is 5.11 Å². The molecule has 1 atom stereocenters. The van der Waals surface area contributed by atoms with Crippen LogP contribution in [0.3, 0.4) is 0 Å². The second kappa shape index (κ2) is 3.74. The molecule has 0 heterocycles. The summed E-state index contributed by atoms with van der Waals surface area (Å²) in [5.74, 6) is 0.213. The molecule has 0 saturated heterocycles. The fourth-order valence-electron chi connectivity index (χ4n) is 0.914. The number of hydrogen-bond acceptors (Lipinski definition) is 2. The van der Waals surface area contributed by atoms with Gasteiger partial charge in [-0.25, -0.2) is 0 Å². The van der Waals surface area contributed by atoms with Crippen molar-refractivity contribution in [1.82, 2.24) is 0 Å². The fourth-order valence-corrected chi connectivity index (χ4v) is 1.42. The van der Waals surface area contributed by atoms with Crippen molar-refractivity contribution >= 4 is 15.9 Å². The van der Waals surface area contributed by atoms with Crippen LogP contribution >= 0.6 is 15.9 Å². The van der Waals surface area contributed by atoms with Crippen LogP contribution in [0.1, 0.15) is 11.6 Å². The Morgan fingerprint density at radius 1 is 1.58 bits per heavy atom. The minimum Gasteiger partial charge on any atom is -0.508 e. The molecule has 0 fully saturated rings. The van der Waals surface area contributed by atoms with E-state index < -0.39 is 0 Å². The number of rotatable bonds is 2. The van der Waals surface area contributed by atoms with Crippen molar-refractivity contribution in [3.05, 3.63) is 40.9 Å². The van der Waals surface area contributed by atoms with Gasteiger partial charge < -0.3 is 10.8 Å². The minimum atomic E-state index is -0.244. The number of benzene rings is 1. The van der Waals surface area contributed by atoms with Gasteiger partial charge in [-0.3, -0.25) is 0 Å². The smallest absolute Gasteiger partial charge is 0.116 e. The maximum Gasteiger partial charge on any atom is 0.116 e. The van der Waals surface area contributed by atoms with E-state index >= 15 is 0 Å². The highest BCUT2D eigenvalue weighted by atomic mass is 79.9. The normalized spacial score (nSPS) is 12.5. The largest absolute Gasteiger partial charge is 0.508 e. The van der Waals surface area contributed by atoms with Gasteiger partial charge in [0.1, 0.15) is 5.75 Å². The van der Waals surface area contributed by atoms with Gasteiger partial charge in [0.05, 0.1) is 0 Å². The molecule has 0 aliphatic carbocycles. The Hall–Kier alpha value is -0.800. The molecular formula is C9H10BrNO. The maximum atomic E-state index is 9.17. The molecule has 0 saturated carbocycles. The summed E-state index contributed by atoms with van der Waals surface area (Å²) in [6.07, 6.45) is 1.62.